The maximum Gasteiger partial charge on any atom is 0.276 e. The maximum absolute atomic E-state index is 12.3. The second-order valence-corrected chi connectivity index (χ2v) is 6.19. The highest BCUT2D eigenvalue weighted by Crippen LogP contribution is 2.27. The topological polar surface area (TPSA) is 72.1 Å². The van der Waals surface area contributed by atoms with Gasteiger partial charge in [0, 0.05) is 27.8 Å². The molecular weight excluding hydrogens is 364 g/mol. The molecule has 0 aliphatic rings. The summed E-state index contributed by atoms with van der Waals surface area (Å²) in [6.45, 7) is 0. The number of carbonyl (C=O) groups excluding carboxylic acids is 1. The maximum atomic E-state index is 12.3. The van der Waals surface area contributed by atoms with E-state index in [1.807, 2.05) is 29.6 Å². The summed E-state index contributed by atoms with van der Waals surface area (Å²) < 4.78 is 0.999. The average Bonchev–Trinajstić information content (AvgIpc) is 3.05. The van der Waals surface area contributed by atoms with Gasteiger partial charge in [0.05, 0.1) is 11.3 Å². The van der Waals surface area contributed by atoms with Crippen molar-refractivity contribution in [2.75, 3.05) is 5.01 Å². The van der Waals surface area contributed by atoms with Crippen molar-refractivity contribution in [3.05, 3.63) is 64.2 Å². The van der Waals surface area contributed by atoms with Crippen LogP contribution in [0.5, 0.6) is 0 Å². The minimum atomic E-state index is -0.343. The minimum absolute atomic E-state index is 0.343. The Balaban J connectivity index is 1.84. The van der Waals surface area contributed by atoms with E-state index in [0.29, 0.717) is 10.7 Å². The van der Waals surface area contributed by atoms with E-state index < -0.39 is 0 Å². The van der Waals surface area contributed by atoms with Crippen LogP contribution in [0.25, 0.3) is 11.3 Å². The zero-order valence-electron chi connectivity index (χ0n) is 11.3. The van der Waals surface area contributed by atoms with Crippen molar-refractivity contribution in [1.29, 1.82) is 0 Å². The van der Waals surface area contributed by atoms with E-state index in [0.717, 1.165) is 20.7 Å². The number of benzene rings is 1. The van der Waals surface area contributed by atoms with Crippen molar-refractivity contribution in [3.63, 3.8) is 0 Å². The van der Waals surface area contributed by atoms with Gasteiger partial charge in [-0.1, -0.05) is 28.1 Å². The molecule has 3 rings (SSSR count). The van der Waals surface area contributed by atoms with E-state index in [-0.39, 0.29) is 5.91 Å². The Bertz CT molecular complexity index is 789. The van der Waals surface area contributed by atoms with E-state index in [2.05, 4.69) is 25.9 Å². The molecule has 110 valence electrons. The first kappa shape index (κ1) is 14.8. The minimum Gasteiger partial charge on any atom is -0.267 e. The van der Waals surface area contributed by atoms with Gasteiger partial charge < -0.3 is 0 Å². The lowest BCUT2D eigenvalue weighted by molar-refractivity contribution is 0.0986. The number of pyridine rings is 1. The lowest BCUT2D eigenvalue weighted by Gasteiger charge is -2.12. The molecule has 0 unspecified atom stereocenters. The zero-order valence-corrected chi connectivity index (χ0v) is 13.7. The van der Waals surface area contributed by atoms with Crippen LogP contribution >= 0.6 is 27.3 Å². The van der Waals surface area contributed by atoms with Crippen LogP contribution in [-0.4, -0.2) is 15.9 Å². The first-order chi connectivity index (χ1) is 10.6. The fourth-order valence-electron chi connectivity index (χ4n) is 1.84. The highest BCUT2D eigenvalue weighted by Gasteiger charge is 2.17. The molecule has 0 fully saturated rings. The molecule has 1 aromatic carbocycles. The molecule has 0 saturated carbocycles. The van der Waals surface area contributed by atoms with E-state index in [9.17, 15) is 4.79 Å². The van der Waals surface area contributed by atoms with E-state index in [1.165, 1.54) is 17.5 Å². The smallest absolute Gasteiger partial charge is 0.267 e. The third-order valence-corrected chi connectivity index (χ3v) is 4.33. The summed E-state index contributed by atoms with van der Waals surface area (Å²) in [6, 6.07) is 11.1. The number of hydrogen-bond donors (Lipinski definition) is 1. The zero-order chi connectivity index (χ0) is 15.5. The molecule has 0 atom stereocenters. The molecule has 2 N–H and O–H groups in total. The Kier molecular flexibility index (Phi) is 4.28. The number of hydrogen-bond acceptors (Lipinski definition) is 5. The van der Waals surface area contributed by atoms with Crippen molar-refractivity contribution < 1.29 is 4.79 Å². The Morgan fingerprint density at radius 2 is 2.00 bits per heavy atom. The second kappa shape index (κ2) is 6.35. The van der Waals surface area contributed by atoms with Crippen LogP contribution in [0.2, 0.25) is 0 Å². The van der Waals surface area contributed by atoms with Gasteiger partial charge in [0.2, 0.25) is 5.13 Å². The fourth-order valence-corrected chi connectivity index (χ4v) is 2.86. The quantitative estimate of drug-likeness (QED) is 0.432. The number of nitrogens with two attached hydrogens (primary N) is 1. The van der Waals surface area contributed by atoms with Crippen molar-refractivity contribution in [3.8, 4) is 11.3 Å². The van der Waals surface area contributed by atoms with Crippen LogP contribution in [0.4, 0.5) is 5.13 Å². The number of nitrogens with zero attached hydrogens (tertiary/aromatic N) is 3. The molecule has 2 aromatic heterocycles. The number of amides is 1. The number of rotatable bonds is 3. The summed E-state index contributed by atoms with van der Waals surface area (Å²) in [5.41, 5.74) is 2.17. The van der Waals surface area contributed by atoms with Gasteiger partial charge in [0.1, 0.15) is 0 Å². The summed E-state index contributed by atoms with van der Waals surface area (Å²) in [7, 11) is 0. The molecule has 0 spiro atoms. The monoisotopic (exact) mass is 374 g/mol. The Labute approximate surface area is 139 Å². The standard InChI is InChI=1S/C15H11BrN4OS/c16-12-5-3-10(4-6-12)13-9-22-15(19-13)20(17)14(21)11-2-1-7-18-8-11/h1-9H,17H2. The van der Waals surface area contributed by atoms with E-state index in [1.54, 1.807) is 18.3 Å². The molecule has 2 heterocycles. The number of halogens is 1. The van der Waals surface area contributed by atoms with Gasteiger partial charge in [-0.05, 0) is 24.3 Å². The van der Waals surface area contributed by atoms with Gasteiger partial charge in [-0.3, -0.25) is 9.78 Å². The van der Waals surface area contributed by atoms with Crippen molar-refractivity contribution in [1.82, 2.24) is 9.97 Å². The summed E-state index contributed by atoms with van der Waals surface area (Å²) >= 11 is 4.71. The Morgan fingerprint density at radius 3 is 2.68 bits per heavy atom. The van der Waals surface area contributed by atoms with Crippen molar-refractivity contribution in [2.45, 2.75) is 0 Å². The van der Waals surface area contributed by atoms with Crippen LogP contribution in [-0.2, 0) is 0 Å². The molecule has 7 heteroatoms. The number of aromatic nitrogens is 2. The molecule has 0 bridgehead atoms. The van der Waals surface area contributed by atoms with Gasteiger partial charge in [-0.2, -0.15) is 0 Å². The molecule has 1 amide bonds. The summed E-state index contributed by atoms with van der Waals surface area (Å²) in [5.74, 6) is 5.54. The first-order valence-corrected chi connectivity index (χ1v) is 8.03. The first-order valence-electron chi connectivity index (χ1n) is 6.36. The second-order valence-electron chi connectivity index (χ2n) is 4.44. The van der Waals surface area contributed by atoms with Crippen LogP contribution in [0.15, 0.2) is 58.6 Å². The van der Waals surface area contributed by atoms with Crippen molar-refractivity contribution >= 4 is 38.3 Å². The van der Waals surface area contributed by atoms with E-state index in [4.69, 9.17) is 5.84 Å². The molecule has 0 saturated heterocycles. The number of anilines is 1. The normalized spacial score (nSPS) is 10.5. The predicted molar refractivity (Wildman–Crippen MR) is 90.5 cm³/mol. The Morgan fingerprint density at radius 1 is 1.23 bits per heavy atom. The lowest BCUT2D eigenvalue weighted by atomic mass is 10.2. The van der Waals surface area contributed by atoms with Gasteiger partial charge in [-0.25, -0.2) is 15.8 Å². The van der Waals surface area contributed by atoms with Gasteiger partial charge >= 0.3 is 0 Å². The van der Waals surface area contributed by atoms with Crippen LogP contribution < -0.4 is 10.9 Å². The lowest BCUT2D eigenvalue weighted by Crippen LogP contribution is -2.37. The number of carbonyl (C=O) groups is 1. The largest absolute Gasteiger partial charge is 0.276 e. The van der Waals surface area contributed by atoms with Crippen molar-refractivity contribution in [2.24, 2.45) is 5.84 Å². The number of hydrazine groups is 1. The Hall–Kier alpha value is -2.09. The van der Waals surface area contributed by atoms with Gasteiger partial charge in [0.15, 0.2) is 0 Å². The molecule has 3 aromatic rings. The molecule has 0 radical (unpaired) electrons. The SMILES string of the molecule is NN(C(=O)c1cccnc1)c1nc(-c2ccc(Br)cc2)cs1. The molecule has 5 nitrogen and oxygen atoms in total. The molecule has 0 aliphatic heterocycles. The van der Waals surface area contributed by atoms with Gasteiger partial charge in [-0.15, -0.1) is 11.3 Å². The fraction of sp³-hybridized carbons (Fsp3) is 0. The van der Waals surface area contributed by atoms with Crippen LogP contribution in [0.3, 0.4) is 0 Å². The third kappa shape index (κ3) is 3.06. The third-order valence-electron chi connectivity index (χ3n) is 2.97. The van der Waals surface area contributed by atoms with Crippen LogP contribution in [0.1, 0.15) is 10.4 Å². The van der Waals surface area contributed by atoms with Gasteiger partial charge in [0.25, 0.3) is 5.91 Å². The van der Waals surface area contributed by atoms with E-state index >= 15 is 0 Å². The molecular formula is C15H11BrN4OS. The molecule has 22 heavy (non-hydrogen) atoms. The number of thiazole rings is 1. The summed E-state index contributed by atoms with van der Waals surface area (Å²) in [4.78, 5) is 20.6. The summed E-state index contributed by atoms with van der Waals surface area (Å²) in [6.07, 6.45) is 3.08. The average molecular weight is 375 g/mol. The highest BCUT2D eigenvalue weighted by atomic mass is 79.9. The summed E-state index contributed by atoms with van der Waals surface area (Å²) in [5, 5.41) is 3.35. The molecule has 0 aliphatic carbocycles. The predicted octanol–water partition coefficient (Wildman–Crippen LogP) is 3.49. The van der Waals surface area contributed by atoms with Crippen LogP contribution in [0, 0.1) is 0 Å². The highest BCUT2D eigenvalue weighted by molar-refractivity contribution is 9.10.